The number of aliphatic hydroxyl groups is 1. The number of hydrogen-bond donors (Lipinski definition) is 1. The van der Waals surface area contributed by atoms with Crippen molar-refractivity contribution in [2.45, 2.75) is 45.6 Å². The summed E-state index contributed by atoms with van der Waals surface area (Å²) in [4.78, 5) is 4.42. The Bertz CT molecular complexity index is 275. The monoisotopic (exact) mass is 199 g/mol. The van der Waals surface area contributed by atoms with Gasteiger partial charge in [-0.05, 0) is 26.2 Å². The van der Waals surface area contributed by atoms with E-state index in [4.69, 9.17) is 0 Å². The van der Waals surface area contributed by atoms with Crippen LogP contribution in [0.4, 0.5) is 0 Å². The molecule has 3 heteroatoms. The van der Waals surface area contributed by atoms with Crippen molar-refractivity contribution in [3.05, 3.63) is 16.1 Å². The minimum absolute atomic E-state index is 0.493. The van der Waals surface area contributed by atoms with E-state index in [1.807, 2.05) is 5.38 Å². The van der Waals surface area contributed by atoms with Gasteiger partial charge in [0.05, 0.1) is 5.69 Å². The third-order valence-corrected chi connectivity index (χ3v) is 3.34. The van der Waals surface area contributed by atoms with E-state index < -0.39 is 5.60 Å². The van der Waals surface area contributed by atoms with E-state index in [1.54, 1.807) is 13.8 Å². The van der Waals surface area contributed by atoms with Gasteiger partial charge in [0.2, 0.25) is 0 Å². The molecule has 0 saturated heterocycles. The summed E-state index contributed by atoms with van der Waals surface area (Å²) < 4.78 is 0. The predicted octanol–water partition coefficient (Wildman–Crippen LogP) is 2.88. The topological polar surface area (TPSA) is 33.1 Å². The molecule has 0 amide bonds. The van der Waals surface area contributed by atoms with Crippen LogP contribution in [0, 0.1) is 0 Å². The first-order valence-electron chi connectivity index (χ1n) is 4.63. The summed E-state index contributed by atoms with van der Waals surface area (Å²) in [6, 6.07) is 0. The lowest BCUT2D eigenvalue weighted by Gasteiger charge is -2.12. The van der Waals surface area contributed by atoms with Gasteiger partial charge in [-0.3, -0.25) is 0 Å². The fourth-order valence-corrected chi connectivity index (χ4v) is 1.97. The fraction of sp³-hybridized carbons (Fsp3) is 0.700. The van der Waals surface area contributed by atoms with Crippen molar-refractivity contribution in [3.8, 4) is 0 Å². The molecule has 0 aliphatic rings. The summed E-state index contributed by atoms with van der Waals surface area (Å²) in [5, 5.41) is 12.6. The average molecular weight is 199 g/mol. The van der Waals surface area contributed by atoms with Crippen LogP contribution in [0.1, 0.15) is 50.7 Å². The van der Waals surface area contributed by atoms with Crippen LogP contribution in [0.15, 0.2) is 5.38 Å². The van der Waals surface area contributed by atoms with Crippen molar-refractivity contribution in [3.63, 3.8) is 0 Å². The summed E-state index contributed by atoms with van der Waals surface area (Å²) in [6.45, 7) is 7.84. The molecular formula is C10H17NOS. The molecule has 0 radical (unpaired) electrons. The minimum Gasteiger partial charge on any atom is -0.383 e. The molecule has 13 heavy (non-hydrogen) atoms. The molecule has 0 aromatic carbocycles. The van der Waals surface area contributed by atoms with Crippen molar-refractivity contribution in [1.29, 1.82) is 0 Å². The van der Waals surface area contributed by atoms with Crippen LogP contribution in [0.3, 0.4) is 0 Å². The first kappa shape index (κ1) is 10.7. The SMILES string of the molecule is CCC(C)c1csc(C(C)(C)O)n1. The highest BCUT2D eigenvalue weighted by Crippen LogP contribution is 2.27. The van der Waals surface area contributed by atoms with E-state index in [0.717, 1.165) is 17.1 Å². The zero-order valence-electron chi connectivity index (χ0n) is 8.66. The number of nitrogens with zero attached hydrogens (tertiary/aromatic N) is 1. The predicted molar refractivity (Wildman–Crippen MR) is 56.1 cm³/mol. The Morgan fingerprint density at radius 1 is 1.62 bits per heavy atom. The van der Waals surface area contributed by atoms with Gasteiger partial charge in [0, 0.05) is 5.38 Å². The summed E-state index contributed by atoms with van der Waals surface area (Å²) in [7, 11) is 0. The van der Waals surface area contributed by atoms with Gasteiger partial charge in [-0.1, -0.05) is 13.8 Å². The molecule has 1 N–H and O–H groups in total. The highest BCUT2D eigenvalue weighted by Gasteiger charge is 2.21. The fourth-order valence-electron chi connectivity index (χ4n) is 1.00. The normalized spacial score (nSPS) is 14.5. The highest BCUT2D eigenvalue weighted by atomic mass is 32.1. The molecular weight excluding hydrogens is 182 g/mol. The Morgan fingerprint density at radius 2 is 2.23 bits per heavy atom. The maximum absolute atomic E-state index is 9.70. The van der Waals surface area contributed by atoms with Crippen LogP contribution >= 0.6 is 11.3 Å². The Balaban J connectivity index is 2.87. The second kappa shape index (κ2) is 3.76. The van der Waals surface area contributed by atoms with E-state index in [9.17, 15) is 5.11 Å². The number of thiazole rings is 1. The van der Waals surface area contributed by atoms with Gasteiger partial charge in [0.15, 0.2) is 0 Å². The van der Waals surface area contributed by atoms with E-state index in [-0.39, 0.29) is 0 Å². The van der Waals surface area contributed by atoms with Gasteiger partial charge in [0.1, 0.15) is 10.6 Å². The zero-order chi connectivity index (χ0) is 10.1. The average Bonchev–Trinajstić information content (AvgIpc) is 2.50. The largest absolute Gasteiger partial charge is 0.383 e. The molecule has 0 bridgehead atoms. The van der Waals surface area contributed by atoms with Crippen LogP contribution in [0.2, 0.25) is 0 Å². The summed E-state index contributed by atoms with van der Waals surface area (Å²) in [6.07, 6.45) is 1.09. The van der Waals surface area contributed by atoms with Crippen LogP contribution in [-0.4, -0.2) is 10.1 Å². The van der Waals surface area contributed by atoms with Crippen molar-refractivity contribution in [2.24, 2.45) is 0 Å². The van der Waals surface area contributed by atoms with Crippen LogP contribution in [0.25, 0.3) is 0 Å². The van der Waals surface area contributed by atoms with E-state index in [1.165, 1.54) is 11.3 Å². The van der Waals surface area contributed by atoms with Crippen molar-refractivity contribution in [2.75, 3.05) is 0 Å². The first-order valence-corrected chi connectivity index (χ1v) is 5.51. The molecule has 0 aliphatic carbocycles. The molecule has 1 unspecified atom stereocenters. The van der Waals surface area contributed by atoms with Crippen molar-refractivity contribution in [1.82, 2.24) is 4.98 Å². The maximum atomic E-state index is 9.70. The summed E-state index contributed by atoms with van der Waals surface area (Å²) >= 11 is 1.54. The molecule has 1 aromatic heterocycles. The molecule has 2 nitrogen and oxygen atoms in total. The zero-order valence-corrected chi connectivity index (χ0v) is 9.48. The van der Waals surface area contributed by atoms with Gasteiger partial charge in [-0.15, -0.1) is 11.3 Å². The lowest BCUT2D eigenvalue weighted by molar-refractivity contribution is 0.0780. The molecule has 1 rings (SSSR count). The number of aromatic nitrogens is 1. The van der Waals surface area contributed by atoms with Gasteiger partial charge in [-0.2, -0.15) is 0 Å². The molecule has 74 valence electrons. The molecule has 0 spiro atoms. The molecule has 1 atom stereocenters. The molecule has 0 saturated carbocycles. The van der Waals surface area contributed by atoms with E-state index in [2.05, 4.69) is 18.8 Å². The molecule has 1 heterocycles. The Morgan fingerprint density at radius 3 is 2.62 bits per heavy atom. The first-order chi connectivity index (χ1) is 5.95. The Kier molecular flexibility index (Phi) is 3.09. The number of rotatable bonds is 3. The minimum atomic E-state index is -0.795. The summed E-state index contributed by atoms with van der Waals surface area (Å²) in [5.74, 6) is 0.493. The Hall–Kier alpha value is -0.410. The van der Waals surface area contributed by atoms with Gasteiger partial charge < -0.3 is 5.11 Å². The standard InChI is InChI=1S/C10H17NOS/c1-5-7(2)8-6-13-9(11-8)10(3,4)12/h6-7,12H,5H2,1-4H3. The van der Waals surface area contributed by atoms with Crippen molar-refractivity contribution >= 4 is 11.3 Å². The van der Waals surface area contributed by atoms with Crippen LogP contribution in [-0.2, 0) is 5.60 Å². The van der Waals surface area contributed by atoms with Gasteiger partial charge in [0.25, 0.3) is 0 Å². The third-order valence-electron chi connectivity index (χ3n) is 2.16. The molecule has 0 fully saturated rings. The van der Waals surface area contributed by atoms with E-state index >= 15 is 0 Å². The third kappa shape index (κ3) is 2.51. The van der Waals surface area contributed by atoms with Crippen LogP contribution < -0.4 is 0 Å². The summed E-state index contributed by atoms with van der Waals surface area (Å²) in [5.41, 5.74) is 0.306. The maximum Gasteiger partial charge on any atom is 0.124 e. The molecule has 1 aromatic rings. The quantitative estimate of drug-likeness (QED) is 0.812. The second-order valence-corrected chi connectivity index (χ2v) is 4.80. The molecule has 0 aliphatic heterocycles. The lowest BCUT2D eigenvalue weighted by Crippen LogP contribution is -2.15. The van der Waals surface area contributed by atoms with Gasteiger partial charge in [-0.25, -0.2) is 4.98 Å². The highest BCUT2D eigenvalue weighted by molar-refractivity contribution is 7.09. The number of hydrogen-bond acceptors (Lipinski definition) is 3. The van der Waals surface area contributed by atoms with Crippen LogP contribution in [0.5, 0.6) is 0 Å². The van der Waals surface area contributed by atoms with Gasteiger partial charge >= 0.3 is 0 Å². The Labute approximate surface area is 83.6 Å². The smallest absolute Gasteiger partial charge is 0.124 e. The van der Waals surface area contributed by atoms with Crippen molar-refractivity contribution < 1.29 is 5.11 Å². The van der Waals surface area contributed by atoms with E-state index in [0.29, 0.717) is 5.92 Å². The second-order valence-electron chi connectivity index (χ2n) is 3.95. The lowest BCUT2D eigenvalue weighted by atomic mass is 10.1.